The molecule has 0 aliphatic carbocycles. The average molecular weight is 450 g/mol. The summed E-state index contributed by atoms with van der Waals surface area (Å²) in [5.74, 6) is -0.349. The molecule has 0 saturated heterocycles. The molecule has 0 aliphatic rings. The summed E-state index contributed by atoms with van der Waals surface area (Å²) in [6.07, 6.45) is 1.92. The Balaban J connectivity index is 1.91. The molecule has 0 fully saturated rings. The molecule has 6 nitrogen and oxygen atoms in total. The van der Waals surface area contributed by atoms with Crippen LogP contribution in [0.2, 0.25) is 0 Å². The van der Waals surface area contributed by atoms with Gasteiger partial charge in [0.05, 0.1) is 21.7 Å². The molecule has 1 heterocycles. The van der Waals surface area contributed by atoms with Gasteiger partial charge in [0.1, 0.15) is 5.82 Å². The maximum absolute atomic E-state index is 13.1. The van der Waals surface area contributed by atoms with E-state index in [2.05, 4.69) is 11.9 Å². The molecule has 3 rings (SSSR count). The van der Waals surface area contributed by atoms with E-state index in [0.29, 0.717) is 16.2 Å². The van der Waals surface area contributed by atoms with Crippen LogP contribution in [-0.4, -0.2) is 47.9 Å². The predicted octanol–water partition coefficient (Wildman–Crippen LogP) is 4.20. The first-order valence-electron chi connectivity index (χ1n) is 9.58. The average Bonchev–Trinajstić information content (AvgIpc) is 3.07. The number of aromatic nitrogens is 2. The van der Waals surface area contributed by atoms with Crippen molar-refractivity contribution in [2.75, 3.05) is 19.8 Å². The summed E-state index contributed by atoms with van der Waals surface area (Å²) < 4.78 is 41.2. The van der Waals surface area contributed by atoms with Gasteiger partial charge in [0.15, 0.2) is 10.9 Å². The Hall–Kier alpha value is -2.23. The highest BCUT2D eigenvalue weighted by atomic mass is 32.2. The van der Waals surface area contributed by atoms with Crippen molar-refractivity contribution in [2.45, 2.75) is 36.4 Å². The molecule has 0 amide bonds. The van der Waals surface area contributed by atoms with E-state index < -0.39 is 10.0 Å². The number of carbonyl (C=O) groups is 1. The second-order valence-corrected chi connectivity index (χ2v) is 10.2. The molecule has 9 heteroatoms. The fourth-order valence-electron chi connectivity index (χ4n) is 2.95. The van der Waals surface area contributed by atoms with Crippen molar-refractivity contribution in [2.24, 2.45) is 0 Å². The number of benzene rings is 2. The van der Waals surface area contributed by atoms with Gasteiger partial charge in [0.25, 0.3) is 0 Å². The van der Waals surface area contributed by atoms with E-state index in [-0.39, 0.29) is 22.2 Å². The molecule has 0 aliphatic heterocycles. The minimum Gasteiger partial charge on any atom is -0.319 e. The SMILES string of the molecule is CCCCn1c(SCC(=O)c2ccc(F)cc2)nc2cc(S(=O)(=O)N(C)C)ccc21. The zero-order valence-corrected chi connectivity index (χ0v) is 18.8. The molecular weight excluding hydrogens is 425 g/mol. The second-order valence-electron chi connectivity index (χ2n) is 7.06. The first kappa shape index (κ1) is 22.5. The lowest BCUT2D eigenvalue weighted by molar-refractivity contribution is 0.102. The van der Waals surface area contributed by atoms with Crippen molar-refractivity contribution in [1.29, 1.82) is 0 Å². The maximum atomic E-state index is 13.1. The summed E-state index contributed by atoms with van der Waals surface area (Å²) in [5, 5.41) is 0.660. The quantitative estimate of drug-likeness (QED) is 0.362. The molecule has 3 aromatic rings. The van der Waals surface area contributed by atoms with Crippen LogP contribution in [0.5, 0.6) is 0 Å². The molecule has 0 bridgehead atoms. The van der Waals surface area contributed by atoms with E-state index in [0.717, 1.165) is 24.9 Å². The van der Waals surface area contributed by atoms with Gasteiger partial charge < -0.3 is 4.57 Å². The highest BCUT2D eigenvalue weighted by molar-refractivity contribution is 7.99. The first-order chi connectivity index (χ1) is 14.2. The first-order valence-corrected chi connectivity index (χ1v) is 12.0. The summed E-state index contributed by atoms with van der Waals surface area (Å²) in [5.41, 5.74) is 1.85. The number of carbonyl (C=O) groups excluding carboxylic acids is 1. The number of hydrogen-bond acceptors (Lipinski definition) is 5. The molecule has 0 saturated carbocycles. The fourth-order valence-corrected chi connectivity index (χ4v) is 4.81. The fraction of sp³-hybridized carbons (Fsp3) is 0.333. The molecule has 0 spiro atoms. The van der Waals surface area contributed by atoms with Gasteiger partial charge in [-0.2, -0.15) is 0 Å². The van der Waals surface area contributed by atoms with Crippen molar-refractivity contribution in [3.8, 4) is 0 Å². The molecule has 160 valence electrons. The van der Waals surface area contributed by atoms with Gasteiger partial charge in [-0.15, -0.1) is 0 Å². The van der Waals surface area contributed by atoms with E-state index in [4.69, 9.17) is 0 Å². The minimum absolute atomic E-state index is 0.120. The highest BCUT2D eigenvalue weighted by Gasteiger charge is 2.20. The van der Waals surface area contributed by atoms with E-state index in [1.165, 1.54) is 54.4 Å². The van der Waals surface area contributed by atoms with E-state index in [1.54, 1.807) is 18.2 Å². The lowest BCUT2D eigenvalue weighted by atomic mass is 10.1. The number of rotatable bonds is 9. The molecule has 1 aromatic heterocycles. The Morgan fingerprint density at radius 3 is 2.50 bits per heavy atom. The zero-order valence-electron chi connectivity index (χ0n) is 17.1. The molecule has 2 aromatic carbocycles. The molecule has 0 radical (unpaired) electrons. The van der Waals surface area contributed by atoms with Gasteiger partial charge in [-0.1, -0.05) is 25.1 Å². The number of imidazole rings is 1. The number of nitrogens with zero attached hydrogens (tertiary/aromatic N) is 3. The molecule has 0 atom stereocenters. The Kier molecular flexibility index (Phi) is 6.95. The van der Waals surface area contributed by atoms with Gasteiger partial charge in [0.2, 0.25) is 10.0 Å². The summed E-state index contributed by atoms with van der Waals surface area (Å²) in [7, 11) is -0.586. The lowest BCUT2D eigenvalue weighted by Crippen LogP contribution is -2.22. The number of aryl methyl sites for hydroxylation is 1. The van der Waals surface area contributed by atoms with Crippen molar-refractivity contribution in [1.82, 2.24) is 13.9 Å². The topological polar surface area (TPSA) is 72.3 Å². The Labute approximate surface area is 180 Å². The summed E-state index contributed by atoms with van der Waals surface area (Å²) in [6.45, 7) is 2.81. The van der Waals surface area contributed by atoms with E-state index >= 15 is 0 Å². The molecule has 30 heavy (non-hydrogen) atoms. The molecule has 0 N–H and O–H groups in total. The largest absolute Gasteiger partial charge is 0.319 e. The van der Waals surface area contributed by atoms with Gasteiger partial charge in [-0.3, -0.25) is 4.79 Å². The van der Waals surface area contributed by atoms with Crippen molar-refractivity contribution in [3.63, 3.8) is 0 Å². The Morgan fingerprint density at radius 1 is 1.17 bits per heavy atom. The van der Waals surface area contributed by atoms with Crippen LogP contribution in [0.25, 0.3) is 11.0 Å². The van der Waals surface area contributed by atoms with Crippen LogP contribution in [-0.2, 0) is 16.6 Å². The second kappa shape index (κ2) is 9.28. The van der Waals surface area contributed by atoms with Crippen molar-refractivity contribution < 1.29 is 17.6 Å². The molecular formula is C21H24FN3O3S2. The standard InChI is InChI=1S/C21H24FN3O3S2/c1-4-5-12-25-19-11-10-17(30(27,28)24(2)3)13-18(19)23-21(25)29-14-20(26)15-6-8-16(22)9-7-15/h6-11,13H,4-5,12,14H2,1-3H3. The number of thioether (sulfide) groups is 1. The monoisotopic (exact) mass is 449 g/mol. The highest BCUT2D eigenvalue weighted by Crippen LogP contribution is 2.28. The van der Waals surface area contributed by atoms with E-state index in [9.17, 15) is 17.6 Å². The Morgan fingerprint density at radius 2 is 1.87 bits per heavy atom. The third-order valence-corrected chi connectivity index (χ3v) is 7.48. The Bertz CT molecular complexity index is 1160. The van der Waals surface area contributed by atoms with Crippen LogP contribution in [0.4, 0.5) is 4.39 Å². The summed E-state index contributed by atoms with van der Waals surface area (Å²) in [6, 6.07) is 10.4. The van der Waals surface area contributed by atoms with Gasteiger partial charge in [-0.25, -0.2) is 22.1 Å². The third-order valence-electron chi connectivity index (χ3n) is 4.70. The van der Waals surface area contributed by atoms with Gasteiger partial charge >= 0.3 is 0 Å². The molecule has 0 unspecified atom stereocenters. The number of sulfonamides is 1. The smallest absolute Gasteiger partial charge is 0.242 e. The van der Waals surface area contributed by atoms with Crippen LogP contribution >= 0.6 is 11.8 Å². The van der Waals surface area contributed by atoms with Crippen LogP contribution < -0.4 is 0 Å². The van der Waals surface area contributed by atoms with Crippen LogP contribution in [0, 0.1) is 5.82 Å². The number of unbranched alkanes of at least 4 members (excludes halogenated alkanes) is 1. The van der Waals surface area contributed by atoms with Crippen LogP contribution in [0.1, 0.15) is 30.1 Å². The number of halogens is 1. The van der Waals surface area contributed by atoms with E-state index in [1.807, 2.05) is 4.57 Å². The number of Topliss-reactive ketones (excluding diaryl/α,β-unsaturated/α-hetero) is 1. The summed E-state index contributed by atoms with van der Waals surface area (Å²) >= 11 is 1.30. The van der Waals surface area contributed by atoms with Crippen molar-refractivity contribution in [3.05, 3.63) is 53.8 Å². The zero-order chi connectivity index (χ0) is 21.9. The lowest BCUT2D eigenvalue weighted by Gasteiger charge is -2.11. The van der Waals surface area contributed by atoms with Gasteiger partial charge in [0, 0.05) is 26.2 Å². The number of hydrogen-bond donors (Lipinski definition) is 0. The number of ketones is 1. The third kappa shape index (κ3) is 4.74. The summed E-state index contributed by atoms with van der Waals surface area (Å²) in [4.78, 5) is 17.3. The van der Waals surface area contributed by atoms with Crippen molar-refractivity contribution >= 4 is 38.6 Å². The normalized spacial score (nSPS) is 12.0. The predicted molar refractivity (Wildman–Crippen MR) is 117 cm³/mol. The van der Waals surface area contributed by atoms with Gasteiger partial charge in [-0.05, 0) is 48.9 Å². The maximum Gasteiger partial charge on any atom is 0.242 e. The van der Waals surface area contributed by atoms with Crippen LogP contribution in [0.15, 0.2) is 52.5 Å². The minimum atomic E-state index is -3.56. The number of fused-ring (bicyclic) bond motifs is 1. The van der Waals surface area contributed by atoms with Crippen LogP contribution in [0.3, 0.4) is 0 Å².